The van der Waals surface area contributed by atoms with Gasteiger partial charge in [0.15, 0.2) is 5.69 Å². The molecule has 1 aromatic heterocycles. The molecule has 0 saturated heterocycles. The number of hydrogen-bond donors (Lipinski definition) is 1. The monoisotopic (exact) mass is 242 g/mol. The zero-order chi connectivity index (χ0) is 12.5. The Balaban J connectivity index is 2.60. The SMILES string of the molecule is NCc1nnn(-c2ccccc2)c1C(F)(F)F. The van der Waals surface area contributed by atoms with Crippen molar-refractivity contribution in [3.63, 3.8) is 0 Å². The van der Waals surface area contributed by atoms with Gasteiger partial charge in [0.1, 0.15) is 5.69 Å². The number of aromatic nitrogens is 3. The van der Waals surface area contributed by atoms with Crippen LogP contribution in [0.15, 0.2) is 30.3 Å². The van der Waals surface area contributed by atoms with Crippen LogP contribution in [-0.4, -0.2) is 15.0 Å². The molecule has 0 saturated carbocycles. The average molecular weight is 242 g/mol. The van der Waals surface area contributed by atoms with Gasteiger partial charge in [-0.25, -0.2) is 4.68 Å². The van der Waals surface area contributed by atoms with Gasteiger partial charge in [0.2, 0.25) is 0 Å². The molecule has 0 atom stereocenters. The van der Waals surface area contributed by atoms with Gasteiger partial charge >= 0.3 is 6.18 Å². The highest BCUT2D eigenvalue weighted by Crippen LogP contribution is 2.32. The van der Waals surface area contributed by atoms with Gasteiger partial charge in [0.25, 0.3) is 0 Å². The Bertz CT molecular complexity index is 504. The first kappa shape index (κ1) is 11.6. The van der Waals surface area contributed by atoms with Crippen molar-refractivity contribution in [1.82, 2.24) is 15.0 Å². The maximum absolute atomic E-state index is 12.9. The van der Waals surface area contributed by atoms with E-state index >= 15 is 0 Å². The van der Waals surface area contributed by atoms with Crippen molar-refractivity contribution < 1.29 is 13.2 Å². The minimum atomic E-state index is -4.53. The Hall–Kier alpha value is -1.89. The molecule has 0 unspecified atom stereocenters. The number of alkyl halides is 3. The highest BCUT2D eigenvalue weighted by molar-refractivity contribution is 5.34. The molecule has 0 aliphatic carbocycles. The number of para-hydroxylation sites is 1. The first-order valence-electron chi connectivity index (χ1n) is 4.81. The normalized spacial score (nSPS) is 11.8. The number of nitrogens with zero attached hydrogens (tertiary/aromatic N) is 3. The molecule has 0 bridgehead atoms. The quantitative estimate of drug-likeness (QED) is 0.872. The second-order valence-corrected chi connectivity index (χ2v) is 3.33. The highest BCUT2D eigenvalue weighted by atomic mass is 19.4. The van der Waals surface area contributed by atoms with Crippen molar-refractivity contribution in [3.8, 4) is 5.69 Å². The van der Waals surface area contributed by atoms with E-state index in [0.29, 0.717) is 5.69 Å². The topological polar surface area (TPSA) is 56.7 Å². The molecule has 90 valence electrons. The van der Waals surface area contributed by atoms with Crippen LogP contribution in [-0.2, 0) is 12.7 Å². The van der Waals surface area contributed by atoms with Crippen LogP contribution >= 0.6 is 0 Å². The Morgan fingerprint density at radius 3 is 2.35 bits per heavy atom. The van der Waals surface area contributed by atoms with Gasteiger partial charge in [-0.15, -0.1) is 5.10 Å². The van der Waals surface area contributed by atoms with Crippen LogP contribution in [0.2, 0.25) is 0 Å². The summed E-state index contributed by atoms with van der Waals surface area (Å²) in [6, 6.07) is 7.99. The Morgan fingerprint density at radius 1 is 1.18 bits per heavy atom. The predicted octanol–water partition coefficient (Wildman–Crippen LogP) is 1.74. The maximum atomic E-state index is 12.9. The molecule has 2 aromatic rings. The molecule has 0 fully saturated rings. The summed E-state index contributed by atoms with van der Waals surface area (Å²) in [5.41, 5.74) is 4.33. The molecule has 0 spiro atoms. The first-order chi connectivity index (χ1) is 8.04. The number of halogens is 3. The van der Waals surface area contributed by atoms with E-state index in [2.05, 4.69) is 10.3 Å². The van der Waals surface area contributed by atoms with Gasteiger partial charge in [0.05, 0.1) is 5.69 Å². The smallest absolute Gasteiger partial charge is 0.325 e. The summed E-state index contributed by atoms with van der Waals surface area (Å²) in [6.07, 6.45) is -4.53. The second kappa shape index (κ2) is 4.17. The maximum Gasteiger partial charge on any atom is 0.435 e. The lowest BCUT2D eigenvalue weighted by atomic mass is 10.2. The molecule has 2 N–H and O–H groups in total. The summed E-state index contributed by atoms with van der Waals surface area (Å²) in [7, 11) is 0. The summed E-state index contributed by atoms with van der Waals surface area (Å²) >= 11 is 0. The van der Waals surface area contributed by atoms with Crippen molar-refractivity contribution in [2.24, 2.45) is 5.73 Å². The van der Waals surface area contributed by atoms with E-state index in [0.717, 1.165) is 4.68 Å². The number of nitrogens with two attached hydrogens (primary N) is 1. The van der Waals surface area contributed by atoms with Crippen molar-refractivity contribution in [2.45, 2.75) is 12.7 Å². The summed E-state index contributed by atoms with van der Waals surface area (Å²) in [4.78, 5) is 0. The van der Waals surface area contributed by atoms with E-state index in [-0.39, 0.29) is 12.2 Å². The van der Waals surface area contributed by atoms with Gasteiger partial charge in [0, 0.05) is 6.54 Å². The lowest BCUT2D eigenvalue weighted by Crippen LogP contribution is -2.16. The summed E-state index contributed by atoms with van der Waals surface area (Å²) in [6.45, 7) is -0.304. The molecule has 0 aliphatic rings. The fourth-order valence-electron chi connectivity index (χ4n) is 1.48. The van der Waals surface area contributed by atoms with Gasteiger partial charge in [-0.05, 0) is 12.1 Å². The molecule has 0 aliphatic heterocycles. The average Bonchev–Trinajstić information content (AvgIpc) is 2.73. The molecule has 1 aromatic carbocycles. The summed E-state index contributed by atoms with van der Waals surface area (Å²) in [5.74, 6) is 0. The van der Waals surface area contributed by atoms with Crippen LogP contribution in [0.25, 0.3) is 5.69 Å². The van der Waals surface area contributed by atoms with Gasteiger partial charge in [-0.3, -0.25) is 0 Å². The number of benzene rings is 1. The Morgan fingerprint density at radius 2 is 1.82 bits per heavy atom. The van der Waals surface area contributed by atoms with Crippen LogP contribution in [0.4, 0.5) is 13.2 Å². The molecule has 2 rings (SSSR count). The number of hydrogen-bond acceptors (Lipinski definition) is 3. The van der Waals surface area contributed by atoms with Crippen LogP contribution in [0.1, 0.15) is 11.4 Å². The first-order valence-corrected chi connectivity index (χ1v) is 4.81. The van der Waals surface area contributed by atoms with E-state index in [1.165, 1.54) is 12.1 Å². The molecule has 0 radical (unpaired) electrons. The zero-order valence-electron chi connectivity index (χ0n) is 8.65. The second-order valence-electron chi connectivity index (χ2n) is 3.33. The predicted molar refractivity (Wildman–Crippen MR) is 54.3 cm³/mol. The zero-order valence-corrected chi connectivity index (χ0v) is 8.65. The lowest BCUT2D eigenvalue weighted by molar-refractivity contribution is -0.143. The van der Waals surface area contributed by atoms with Crippen molar-refractivity contribution in [1.29, 1.82) is 0 Å². The Labute approximate surface area is 94.9 Å². The van der Waals surface area contributed by atoms with Crippen LogP contribution in [0.3, 0.4) is 0 Å². The number of rotatable bonds is 2. The molecular formula is C10H9F3N4. The van der Waals surface area contributed by atoms with E-state index < -0.39 is 11.9 Å². The van der Waals surface area contributed by atoms with Crippen LogP contribution in [0.5, 0.6) is 0 Å². The van der Waals surface area contributed by atoms with Crippen LogP contribution < -0.4 is 5.73 Å². The molecule has 1 heterocycles. The van der Waals surface area contributed by atoms with E-state index in [9.17, 15) is 13.2 Å². The third-order valence-electron chi connectivity index (χ3n) is 2.20. The molecule has 7 heteroatoms. The van der Waals surface area contributed by atoms with Gasteiger partial charge < -0.3 is 5.73 Å². The van der Waals surface area contributed by atoms with Crippen molar-refractivity contribution >= 4 is 0 Å². The van der Waals surface area contributed by atoms with Gasteiger partial charge in [-0.2, -0.15) is 13.2 Å². The standard InChI is InChI=1S/C10H9F3N4/c11-10(12,13)9-8(6-14)15-16-17(9)7-4-2-1-3-5-7/h1-5H,6,14H2. The summed E-state index contributed by atoms with van der Waals surface area (Å²) in [5, 5.41) is 6.94. The molecular weight excluding hydrogens is 233 g/mol. The van der Waals surface area contributed by atoms with Crippen molar-refractivity contribution in [2.75, 3.05) is 0 Å². The lowest BCUT2D eigenvalue weighted by Gasteiger charge is -2.10. The van der Waals surface area contributed by atoms with E-state index in [4.69, 9.17) is 5.73 Å². The minimum Gasteiger partial charge on any atom is -0.325 e. The highest BCUT2D eigenvalue weighted by Gasteiger charge is 2.39. The molecule has 17 heavy (non-hydrogen) atoms. The summed E-state index contributed by atoms with van der Waals surface area (Å²) < 4.78 is 39.3. The van der Waals surface area contributed by atoms with Crippen LogP contribution in [0, 0.1) is 0 Å². The Kier molecular flexibility index (Phi) is 2.84. The fraction of sp³-hybridized carbons (Fsp3) is 0.200. The largest absolute Gasteiger partial charge is 0.435 e. The minimum absolute atomic E-state index is 0.263. The van der Waals surface area contributed by atoms with E-state index in [1.807, 2.05) is 0 Å². The van der Waals surface area contributed by atoms with Gasteiger partial charge in [-0.1, -0.05) is 23.4 Å². The third-order valence-corrected chi connectivity index (χ3v) is 2.20. The third kappa shape index (κ3) is 2.14. The molecule has 0 amide bonds. The van der Waals surface area contributed by atoms with Crippen molar-refractivity contribution in [3.05, 3.63) is 41.7 Å². The molecule has 4 nitrogen and oxygen atoms in total. The van der Waals surface area contributed by atoms with E-state index in [1.54, 1.807) is 18.2 Å². The fourth-order valence-corrected chi connectivity index (χ4v) is 1.48.